The van der Waals surface area contributed by atoms with Gasteiger partial charge in [0.1, 0.15) is 10.0 Å². The highest BCUT2D eigenvalue weighted by Gasteiger charge is 2.09. The minimum Gasteiger partial charge on any atom is -0.300 e. The average Bonchev–Trinajstić information content (AvgIpc) is 3.57. The van der Waals surface area contributed by atoms with Crippen molar-refractivity contribution in [3.8, 4) is 0 Å². The molecule has 10 heteroatoms. The summed E-state index contributed by atoms with van der Waals surface area (Å²) in [6, 6.07) is 19.7. The molecule has 0 bridgehead atoms. The van der Waals surface area contributed by atoms with Gasteiger partial charge in [-0.15, -0.1) is 20.4 Å². The number of unbranched alkanes of at least 4 members (excludes halogenated alkanes) is 1. The van der Waals surface area contributed by atoms with Crippen molar-refractivity contribution in [1.82, 2.24) is 20.4 Å². The number of carbonyl (C=O) groups is 2. The Hall–Kier alpha value is -4.02. The highest BCUT2D eigenvalue weighted by Crippen LogP contribution is 2.20. The molecule has 0 aliphatic rings. The fourth-order valence-electron chi connectivity index (χ4n) is 3.44. The summed E-state index contributed by atoms with van der Waals surface area (Å²) in [5.74, 6) is -0.238. The molecule has 0 saturated heterocycles. The minimum absolute atomic E-state index is 0.119. The van der Waals surface area contributed by atoms with E-state index in [-0.39, 0.29) is 24.7 Å². The van der Waals surface area contributed by atoms with Crippen LogP contribution in [-0.4, -0.2) is 32.2 Å². The van der Waals surface area contributed by atoms with E-state index >= 15 is 0 Å². The van der Waals surface area contributed by atoms with Crippen LogP contribution in [0.3, 0.4) is 0 Å². The highest BCUT2D eigenvalue weighted by atomic mass is 32.1. The molecule has 2 aromatic carbocycles. The van der Waals surface area contributed by atoms with Gasteiger partial charge in [-0.3, -0.25) is 9.59 Å². The average molecular weight is 545 g/mol. The summed E-state index contributed by atoms with van der Waals surface area (Å²) in [4.78, 5) is 24.3. The summed E-state index contributed by atoms with van der Waals surface area (Å²) in [6.45, 7) is 0. The Morgan fingerprint density at radius 3 is 1.47 bits per heavy atom. The van der Waals surface area contributed by atoms with Crippen LogP contribution >= 0.6 is 22.7 Å². The number of nitrogens with zero attached hydrogens (tertiary/aromatic N) is 4. The molecule has 4 rings (SSSR count). The summed E-state index contributed by atoms with van der Waals surface area (Å²) in [7, 11) is 0. The fraction of sp³-hybridized carbons (Fsp3) is 0.214. The molecule has 8 nitrogen and oxygen atoms in total. The summed E-state index contributed by atoms with van der Waals surface area (Å²) >= 11 is 2.79. The monoisotopic (exact) mass is 544 g/mol. The molecule has 2 amide bonds. The third-order valence-corrected chi connectivity index (χ3v) is 7.08. The number of nitrogens with one attached hydrogen (secondary N) is 2. The van der Waals surface area contributed by atoms with Gasteiger partial charge in [0.15, 0.2) is 0 Å². The van der Waals surface area contributed by atoms with Gasteiger partial charge in [0.2, 0.25) is 22.1 Å². The number of benzene rings is 2. The van der Waals surface area contributed by atoms with E-state index in [1.165, 1.54) is 22.7 Å². The number of anilines is 2. The number of rotatable bonds is 13. The van der Waals surface area contributed by atoms with E-state index in [1.807, 2.05) is 85.0 Å². The number of amides is 2. The van der Waals surface area contributed by atoms with E-state index in [9.17, 15) is 9.59 Å². The lowest BCUT2D eigenvalue weighted by Gasteiger charge is -1.98. The van der Waals surface area contributed by atoms with E-state index in [0.717, 1.165) is 46.8 Å². The zero-order valence-electron chi connectivity index (χ0n) is 20.7. The van der Waals surface area contributed by atoms with Crippen LogP contribution in [0.25, 0.3) is 12.2 Å². The molecule has 0 saturated carbocycles. The third-order valence-electron chi connectivity index (χ3n) is 5.28. The van der Waals surface area contributed by atoms with Gasteiger partial charge in [0, 0.05) is 25.7 Å². The first-order chi connectivity index (χ1) is 18.6. The molecule has 0 unspecified atom stereocenters. The molecule has 0 aliphatic carbocycles. The van der Waals surface area contributed by atoms with E-state index in [4.69, 9.17) is 0 Å². The lowest BCUT2D eigenvalue weighted by atomic mass is 10.2. The zero-order chi connectivity index (χ0) is 26.4. The highest BCUT2D eigenvalue weighted by molar-refractivity contribution is 7.15. The van der Waals surface area contributed by atoms with Crippen LogP contribution < -0.4 is 10.6 Å². The van der Waals surface area contributed by atoms with E-state index in [2.05, 4.69) is 31.0 Å². The molecule has 2 aromatic heterocycles. The number of aromatic nitrogens is 4. The van der Waals surface area contributed by atoms with E-state index in [0.29, 0.717) is 10.3 Å². The Morgan fingerprint density at radius 2 is 1.05 bits per heavy atom. The quantitative estimate of drug-likeness (QED) is 0.199. The molecule has 4 aromatic rings. The van der Waals surface area contributed by atoms with Crippen LogP contribution in [0.2, 0.25) is 0 Å². The van der Waals surface area contributed by atoms with E-state index in [1.54, 1.807) is 0 Å². The number of hydrogen-bond donors (Lipinski definition) is 2. The number of hydrogen-bond acceptors (Lipinski definition) is 8. The van der Waals surface area contributed by atoms with Crippen molar-refractivity contribution in [1.29, 1.82) is 0 Å². The molecule has 2 N–H and O–H groups in total. The predicted molar refractivity (Wildman–Crippen MR) is 154 cm³/mol. The fourth-order valence-corrected chi connectivity index (χ4v) is 5.03. The maximum atomic E-state index is 12.1. The van der Waals surface area contributed by atoms with Crippen LogP contribution in [0.4, 0.5) is 10.3 Å². The van der Waals surface area contributed by atoms with Crippen LogP contribution in [0.1, 0.15) is 46.8 Å². The van der Waals surface area contributed by atoms with Crippen LogP contribution in [-0.2, 0) is 22.4 Å². The van der Waals surface area contributed by atoms with Gasteiger partial charge in [-0.2, -0.15) is 0 Å². The standard InChI is InChI=1S/C28H28N6O2S2/c35-23(17-9-15-21-11-3-1-4-12-21)29-27-33-31-25(37-27)19-7-8-20-26-32-34-28(38-26)30-24(36)18-10-16-22-13-5-2-6-14-22/h1-6,9-16H,7-8,17-20H2,(H,29,33,35)(H,30,34,36)/b15-9+,16-10+. The molecule has 0 radical (unpaired) electrons. The smallest absolute Gasteiger partial charge is 0.230 e. The van der Waals surface area contributed by atoms with Gasteiger partial charge < -0.3 is 10.6 Å². The van der Waals surface area contributed by atoms with Crippen molar-refractivity contribution in [2.45, 2.75) is 38.5 Å². The maximum absolute atomic E-state index is 12.1. The predicted octanol–water partition coefficient (Wildman–Crippen LogP) is 6.04. The molecule has 0 atom stereocenters. The molecule has 0 aliphatic heterocycles. The lowest BCUT2D eigenvalue weighted by molar-refractivity contribution is -0.116. The third kappa shape index (κ3) is 9.45. The van der Waals surface area contributed by atoms with Crippen LogP contribution in [0.15, 0.2) is 72.8 Å². The minimum atomic E-state index is -0.119. The summed E-state index contributed by atoms with van der Waals surface area (Å²) in [5.41, 5.74) is 2.11. The Bertz CT molecular complexity index is 1260. The SMILES string of the molecule is O=C(C/C=C/c1ccccc1)Nc1nnc(CCCCc2nnc(NC(=O)C/C=C/c3ccccc3)s2)s1. The van der Waals surface area contributed by atoms with E-state index < -0.39 is 0 Å². The Balaban J connectivity index is 1.11. The van der Waals surface area contributed by atoms with Gasteiger partial charge in [0.25, 0.3) is 0 Å². The number of aryl methyl sites for hydroxylation is 2. The number of carbonyl (C=O) groups excluding carboxylic acids is 2. The molecule has 194 valence electrons. The largest absolute Gasteiger partial charge is 0.300 e. The second-order valence-corrected chi connectivity index (χ2v) is 10.5. The van der Waals surface area contributed by atoms with Gasteiger partial charge in [-0.1, -0.05) is 108 Å². The van der Waals surface area contributed by atoms with Gasteiger partial charge in [-0.25, -0.2) is 0 Å². The Kier molecular flexibility index (Phi) is 10.4. The summed E-state index contributed by atoms with van der Waals surface area (Å²) < 4.78 is 0. The van der Waals surface area contributed by atoms with Crippen molar-refractivity contribution >= 4 is 56.9 Å². The van der Waals surface area contributed by atoms with Crippen molar-refractivity contribution in [2.24, 2.45) is 0 Å². The maximum Gasteiger partial charge on any atom is 0.230 e. The van der Waals surface area contributed by atoms with Crippen LogP contribution in [0, 0.1) is 0 Å². The van der Waals surface area contributed by atoms with Crippen LogP contribution in [0.5, 0.6) is 0 Å². The first kappa shape index (κ1) is 27.0. The zero-order valence-corrected chi connectivity index (χ0v) is 22.4. The second kappa shape index (κ2) is 14.7. The normalized spacial score (nSPS) is 11.3. The molecule has 38 heavy (non-hydrogen) atoms. The van der Waals surface area contributed by atoms with Gasteiger partial charge in [0.05, 0.1) is 0 Å². The molecule has 2 heterocycles. The molecule has 0 fully saturated rings. The lowest BCUT2D eigenvalue weighted by Crippen LogP contribution is -2.09. The topological polar surface area (TPSA) is 110 Å². The molecular weight excluding hydrogens is 516 g/mol. The Morgan fingerprint density at radius 1 is 0.632 bits per heavy atom. The van der Waals surface area contributed by atoms with Crippen molar-refractivity contribution in [3.63, 3.8) is 0 Å². The summed E-state index contributed by atoms with van der Waals surface area (Å²) in [6.07, 6.45) is 11.4. The second-order valence-electron chi connectivity index (χ2n) is 8.34. The first-order valence-electron chi connectivity index (χ1n) is 12.3. The van der Waals surface area contributed by atoms with Gasteiger partial charge >= 0.3 is 0 Å². The van der Waals surface area contributed by atoms with Crippen molar-refractivity contribution in [2.75, 3.05) is 10.6 Å². The summed E-state index contributed by atoms with van der Waals surface area (Å²) in [5, 5.41) is 24.9. The molecular formula is C28H28N6O2S2. The molecule has 0 spiro atoms. The van der Waals surface area contributed by atoms with Gasteiger partial charge in [-0.05, 0) is 24.0 Å². The van der Waals surface area contributed by atoms with Crippen molar-refractivity contribution < 1.29 is 9.59 Å². The van der Waals surface area contributed by atoms with Crippen molar-refractivity contribution in [3.05, 3.63) is 94.0 Å². The first-order valence-corrected chi connectivity index (χ1v) is 13.9. The Labute approximate surface area is 229 Å².